The van der Waals surface area contributed by atoms with Crippen molar-refractivity contribution in [2.24, 2.45) is 11.7 Å². The Balaban J connectivity index is 1.68. The zero-order valence-electron chi connectivity index (χ0n) is 9.99. The summed E-state index contributed by atoms with van der Waals surface area (Å²) in [7, 11) is 0. The molecule has 2 rings (SSSR count). The Kier molecular flexibility index (Phi) is 4.00. The van der Waals surface area contributed by atoms with Crippen molar-refractivity contribution in [3.63, 3.8) is 0 Å². The standard InChI is InChI=1S/C12H25N3/c1-2-11(9-13)10-14-5-7-15(8-6-14)12-3-4-12/h11-12H,2-10,13H2,1H3. The van der Waals surface area contributed by atoms with Crippen molar-refractivity contribution in [3.8, 4) is 0 Å². The van der Waals surface area contributed by atoms with E-state index in [-0.39, 0.29) is 0 Å². The lowest BCUT2D eigenvalue weighted by molar-refractivity contribution is 0.113. The van der Waals surface area contributed by atoms with Crippen LogP contribution in [0.5, 0.6) is 0 Å². The summed E-state index contributed by atoms with van der Waals surface area (Å²) in [4.78, 5) is 5.26. The molecule has 1 aliphatic heterocycles. The first-order valence-electron chi connectivity index (χ1n) is 6.50. The summed E-state index contributed by atoms with van der Waals surface area (Å²) in [6.07, 6.45) is 4.11. The molecular formula is C12H25N3. The average molecular weight is 211 g/mol. The van der Waals surface area contributed by atoms with Crippen LogP contribution in [0.4, 0.5) is 0 Å². The van der Waals surface area contributed by atoms with Gasteiger partial charge in [-0.1, -0.05) is 13.3 Å². The van der Waals surface area contributed by atoms with Gasteiger partial charge in [0.15, 0.2) is 0 Å². The van der Waals surface area contributed by atoms with E-state index in [1.54, 1.807) is 0 Å². The first-order valence-corrected chi connectivity index (χ1v) is 6.50. The lowest BCUT2D eigenvalue weighted by Crippen LogP contribution is -2.48. The van der Waals surface area contributed by atoms with Crippen LogP contribution in [0.3, 0.4) is 0 Å². The van der Waals surface area contributed by atoms with Crippen LogP contribution in [0, 0.1) is 5.92 Å². The van der Waals surface area contributed by atoms with Gasteiger partial charge in [-0.3, -0.25) is 4.90 Å². The number of rotatable bonds is 5. The van der Waals surface area contributed by atoms with Crippen LogP contribution in [0.25, 0.3) is 0 Å². The summed E-state index contributed by atoms with van der Waals surface area (Å²) in [5.41, 5.74) is 5.75. The second-order valence-electron chi connectivity index (χ2n) is 5.08. The van der Waals surface area contributed by atoms with Gasteiger partial charge in [-0.05, 0) is 25.3 Å². The SMILES string of the molecule is CCC(CN)CN1CCN(C2CC2)CC1. The van der Waals surface area contributed by atoms with E-state index >= 15 is 0 Å². The zero-order chi connectivity index (χ0) is 10.7. The predicted octanol–water partition coefficient (Wildman–Crippen LogP) is 0.751. The molecule has 1 aliphatic carbocycles. The molecule has 1 atom stereocenters. The monoisotopic (exact) mass is 211 g/mol. The molecule has 1 saturated heterocycles. The Morgan fingerprint density at radius 1 is 1.20 bits per heavy atom. The minimum absolute atomic E-state index is 0.706. The highest BCUT2D eigenvalue weighted by Gasteiger charge is 2.31. The number of piperazine rings is 1. The third-order valence-corrected chi connectivity index (χ3v) is 3.90. The van der Waals surface area contributed by atoms with Gasteiger partial charge in [-0.2, -0.15) is 0 Å². The molecule has 0 aromatic carbocycles. The molecule has 1 saturated carbocycles. The van der Waals surface area contributed by atoms with Crippen LogP contribution in [0.1, 0.15) is 26.2 Å². The van der Waals surface area contributed by atoms with Crippen LogP contribution in [0.2, 0.25) is 0 Å². The summed E-state index contributed by atoms with van der Waals surface area (Å²) in [5.74, 6) is 0.706. The number of nitrogens with zero attached hydrogens (tertiary/aromatic N) is 2. The Morgan fingerprint density at radius 2 is 1.87 bits per heavy atom. The number of nitrogens with two attached hydrogens (primary N) is 1. The number of hydrogen-bond acceptors (Lipinski definition) is 3. The van der Waals surface area contributed by atoms with Crippen molar-refractivity contribution in [2.75, 3.05) is 39.3 Å². The van der Waals surface area contributed by atoms with E-state index < -0.39 is 0 Å². The summed E-state index contributed by atoms with van der Waals surface area (Å²) in [6.45, 7) is 9.39. The molecule has 0 amide bonds. The maximum absolute atomic E-state index is 5.75. The van der Waals surface area contributed by atoms with E-state index in [0.29, 0.717) is 5.92 Å². The fourth-order valence-corrected chi connectivity index (χ4v) is 2.49. The van der Waals surface area contributed by atoms with Gasteiger partial charge in [0, 0.05) is 38.8 Å². The highest BCUT2D eigenvalue weighted by atomic mass is 15.3. The third-order valence-electron chi connectivity index (χ3n) is 3.90. The summed E-state index contributed by atoms with van der Waals surface area (Å²) < 4.78 is 0. The van der Waals surface area contributed by atoms with Crippen LogP contribution in [-0.2, 0) is 0 Å². The second kappa shape index (κ2) is 5.28. The maximum Gasteiger partial charge on any atom is 0.0113 e. The minimum atomic E-state index is 0.706. The van der Waals surface area contributed by atoms with E-state index in [0.717, 1.165) is 12.6 Å². The molecule has 0 aromatic rings. The molecule has 1 heterocycles. The van der Waals surface area contributed by atoms with E-state index in [1.807, 2.05) is 0 Å². The normalized spacial score (nSPS) is 26.8. The summed E-state index contributed by atoms with van der Waals surface area (Å²) in [5, 5.41) is 0. The highest BCUT2D eigenvalue weighted by molar-refractivity contribution is 4.87. The molecule has 2 aliphatic rings. The van der Waals surface area contributed by atoms with Crippen LogP contribution < -0.4 is 5.73 Å². The molecule has 0 spiro atoms. The third kappa shape index (κ3) is 3.16. The Morgan fingerprint density at radius 3 is 2.33 bits per heavy atom. The molecular weight excluding hydrogens is 186 g/mol. The van der Waals surface area contributed by atoms with Gasteiger partial charge in [0.05, 0.1) is 0 Å². The van der Waals surface area contributed by atoms with Crippen LogP contribution in [0.15, 0.2) is 0 Å². The maximum atomic E-state index is 5.75. The predicted molar refractivity (Wildman–Crippen MR) is 63.9 cm³/mol. The van der Waals surface area contributed by atoms with Crippen molar-refractivity contribution in [1.82, 2.24) is 9.80 Å². The van der Waals surface area contributed by atoms with Crippen molar-refractivity contribution >= 4 is 0 Å². The van der Waals surface area contributed by atoms with Crippen LogP contribution >= 0.6 is 0 Å². The number of hydrogen-bond donors (Lipinski definition) is 1. The highest BCUT2D eigenvalue weighted by Crippen LogP contribution is 2.27. The molecule has 0 bridgehead atoms. The van der Waals surface area contributed by atoms with Gasteiger partial charge in [0.1, 0.15) is 0 Å². The van der Waals surface area contributed by atoms with Gasteiger partial charge in [-0.15, -0.1) is 0 Å². The average Bonchev–Trinajstić information content (AvgIpc) is 3.10. The van der Waals surface area contributed by atoms with Gasteiger partial charge in [0.25, 0.3) is 0 Å². The summed E-state index contributed by atoms with van der Waals surface area (Å²) in [6, 6.07) is 0.948. The van der Waals surface area contributed by atoms with Crippen molar-refractivity contribution in [2.45, 2.75) is 32.2 Å². The van der Waals surface area contributed by atoms with Gasteiger partial charge in [0.2, 0.25) is 0 Å². The van der Waals surface area contributed by atoms with E-state index in [2.05, 4.69) is 16.7 Å². The molecule has 3 nitrogen and oxygen atoms in total. The molecule has 2 fully saturated rings. The Bertz CT molecular complexity index is 179. The Labute approximate surface area is 93.6 Å². The van der Waals surface area contributed by atoms with E-state index in [4.69, 9.17) is 5.73 Å². The molecule has 2 N–H and O–H groups in total. The fraction of sp³-hybridized carbons (Fsp3) is 1.00. The van der Waals surface area contributed by atoms with Crippen molar-refractivity contribution in [1.29, 1.82) is 0 Å². The van der Waals surface area contributed by atoms with Crippen molar-refractivity contribution in [3.05, 3.63) is 0 Å². The molecule has 3 heteroatoms. The van der Waals surface area contributed by atoms with Crippen molar-refractivity contribution < 1.29 is 0 Å². The molecule has 0 radical (unpaired) electrons. The largest absolute Gasteiger partial charge is 0.330 e. The smallest absolute Gasteiger partial charge is 0.0113 e. The first-order chi connectivity index (χ1) is 7.33. The first kappa shape index (κ1) is 11.4. The molecule has 1 unspecified atom stereocenters. The fourth-order valence-electron chi connectivity index (χ4n) is 2.49. The molecule has 88 valence electrons. The molecule has 0 aromatic heterocycles. The quantitative estimate of drug-likeness (QED) is 0.728. The molecule has 15 heavy (non-hydrogen) atoms. The van der Waals surface area contributed by atoms with E-state index in [9.17, 15) is 0 Å². The van der Waals surface area contributed by atoms with Gasteiger partial charge >= 0.3 is 0 Å². The summed E-state index contributed by atoms with van der Waals surface area (Å²) >= 11 is 0. The van der Waals surface area contributed by atoms with Crippen LogP contribution in [-0.4, -0.2) is 55.1 Å². The van der Waals surface area contributed by atoms with Gasteiger partial charge in [-0.25, -0.2) is 0 Å². The van der Waals surface area contributed by atoms with Gasteiger partial charge < -0.3 is 10.6 Å². The lowest BCUT2D eigenvalue weighted by atomic mass is 10.1. The topological polar surface area (TPSA) is 32.5 Å². The Hall–Kier alpha value is -0.120. The second-order valence-corrected chi connectivity index (χ2v) is 5.08. The lowest BCUT2D eigenvalue weighted by Gasteiger charge is -2.36. The van der Waals surface area contributed by atoms with E-state index in [1.165, 1.54) is 52.0 Å². The minimum Gasteiger partial charge on any atom is -0.330 e. The zero-order valence-corrected chi connectivity index (χ0v) is 9.99.